The van der Waals surface area contributed by atoms with Crippen LogP contribution in [0, 0.1) is 12.3 Å². The summed E-state index contributed by atoms with van der Waals surface area (Å²) in [6.07, 6.45) is 3.11. The van der Waals surface area contributed by atoms with Gasteiger partial charge in [-0.1, -0.05) is 12.0 Å². The average Bonchev–Trinajstić information content (AvgIpc) is 3.22. The first-order valence-corrected chi connectivity index (χ1v) is 9.77. The van der Waals surface area contributed by atoms with Gasteiger partial charge in [0.25, 0.3) is 5.91 Å². The van der Waals surface area contributed by atoms with E-state index in [2.05, 4.69) is 42.2 Å². The van der Waals surface area contributed by atoms with Crippen molar-refractivity contribution in [1.82, 2.24) is 35.6 Å². The van der Waals surface area contributed by atoms with Crippen LogP contribution in [0.15, 0.2) is 30.6 Å². The highest BCUT2D eigenvalue weighted by Crippen LogP contribution is 2.37. The van der Waals surface area contributed by atoms with E-state index in [1.165, 1.54) is 29.5 Å². The maximum Gasteiger partial charge on any atom is 0.369 e. The van der Waals surface area contributed by atoms with E-state index < -0.39 is 23.7 Å². The van der Waals surface area contributed by atoms with Gasteiger partial charge in [0.15, 0.2) is 23.1 Å². The first kappa shape index (κ1) is 24.9. The summed E-state index contributed by atoms with van der Waals surface area (Å²) in [6.45, 7) is -0.0397. The molecule has 0 aliphatic carbocycles. The van der Waals surface area contributed by atoms with Gasteiger partial charge in [-0.2, -0.15) is 5.10 Å². The number of rotatable bonds is 8. The summed E-state index contributed by atoms with van der Waals surface area (Å²) in [5.41, 5.74) is 0.367. The van der Waals surface area contributed by atoms with Gasteiger partial charge in [0.1, 0.15) is 6.33 Å². The summed E-state index contributed by atoms with van der Waals surface area (Å²) < 4.78 is 7.04. The lowest BCUT2D eigenvalue weighted by Gasteiger charge is -2.18. The monoisotopic (exact) mass is 483 g/mol. The fraction of sp³-hybridized carbons (Fsp3) is 0.200. The van der Waals surface area contributed by atoms with Crippen LogP contribution in [-0.4, -0.2) is 72.0 Å². The van der Waals surface area contributed by atoms with Gasteiger partial charge in [-0.15, -0.1) is 16.6 Å². The molecule has 0 saturated carbocycles. The second kappa shape index (κ2) is 10.4. The molecule has 3 aromatic rings. The second-order valence-corrected chi connectivity index (χ2v) is 6.85. The molecule has 15 nitrogen and oxygen atoms in total. The van der Waals surface area contributed by atoms with Crippen LogP contribution in [0.4, 0.5) is 22.0 Å². The quantitative estimate of drug-likeness (QED) is 0.154. The Bertz CT molecular complexity index is 1280. The Balaban J connectivity index is 2.02. The van der Waals surface area contributed by atoms with Gasteiger partial charge in [0.2, 0.25) is 0 Å². The van der Waals surface area contributed by atoms with Crippen molar-refractivity contribution in [3.05, 3.63) is 36.3 Å². The number of aliphatic hydroxyl groups is 3. The summed E-state index contributed by atoms with van der Waals surface area (Å²) in [4.78, 5) is 28.6. The SMILES string of the molecule is C#CCNC(=O)Nc1cc(Nc2cccc(-c3ncn(C)n3)c2OC)c(C(=O)NC(O)(O)O)nn1. The Hall–Kier alpha value is -4.78. The lowest BCUT2D eigenvalue weighted by molar-refractivity contribution is -0.323. The third-order valence-corrected chi connectivity index (χ3v) is 4.21. The summed E-state index contributed by atoms with van der Waals surface area (Å²) >= 11 is 0. The van der Waals surface area contributed by atoms with Gasteiger partial charge in [0, 0.05) is 13.1 Å². The Morgan fingerprint density at radius 2 is 2.00 bits per heavy atom. The van der Waals surface area contributed by atoms with Crippen molar-refractivity contribution in [2.45, 2.75) is 6.10 Å². The largest absolute Gasteiger partial charge is 0.494 e. The third kappa shape index (κ3) is 6.39. The van der Waals surface area contributed by atoms with Crippen molar-refractivity contribution in [3.63, 3.8) is 0 Å². The molecular weight excluding hydrogens is 462 g/mol. The fourth-order valence-electron chi connectivity index (χ4n) is 2.86. The number of ether oxygens (including phenoxy) is 1. The number of nitrogens with one attached hydrogen (secondary N) is 4. The van der Waals surface area contributed by atoms with E-state index in [0.29, 0.717) is 22.8 Å². The Labute approximate surface area is 198 Å². The van der Waals surface area contributed by atoms with E-state index >= 15 is 0 Å². The zero-order valence-electron chi connectivity index (χ0n) is 18.5. The van der Waals surface area contributed by atoms with Gasteiger partial charge >= 0.3 is 12.1 Å². The lowest BCUT2D eigenvalue weighted by Crippen LogP contribution is -2.48. The molecule has 0 atom stereocenters. The number of amides is 3. The molecular formula is C20H21N9O6. The number of hydrogen-bond donors (Lipinski definition) is 7. The van der Waals surface area contributed by atoms with Crippen molar-refractivity contribution in [2.24, 2.45) is 7.05 Å². The van der Waals surface area contributed by atoms with E-state index in [0.717, 1.165) is 0 Å². The van der Waals surface area contributed by atoms with E-state index in [4.69, 9.17) is 26.5 Å². The fourth-order valence-corrected chi connectivity index (χ4v) is 2.86. The molecule has 0 radical (unpaired) electrons. The van der Waals surface area contributed by atoms with Gasteiger partial charge in [-0.05, 0) is 12.1 Å². The Kier molecular flexibility index (Phi) is 7.41. The number of carbonyl (C=O) groups excluding carboxylic acids is 2. The summed E-state index contributed by atoms with van der Waals surface area (Å²) in [5.74, 6) is 1.64. The van der Waals surface area contributed by atoms with E-state index in [1.807, 2.05) is 0 Å². The zero-order valence-corrected chi connectivity index (χ0v) is 18.5. The van der Waals surface area contributed by atoms with Crippen LogP contribution in [0.25, 0.3) is 11.4 Å². The molecule has 7 N–H and O–H groups in total. The minimum absolute atomic E-state index is 0.0397. The maximum atomic E-state index is 12.5. The molecule has 0 fully saturated rings. The van der Waals surface area contributed by atoms with Crippen LogP contribution in [0.1, 0.15) is 10.5 Å². The molecule has 0 bridgehead atoms. The average molecular weight is 483 g/mol. The number of aromatic nitrogens is 5. The predicted octanol–water partition coefficient (Wildman–Crippen LogP) is -0.903. The van der Waals surface area contributed by atoms with Gasteiger partial charge in [-0.3, -0.25) is 20.1 Å². The summed E-state index contributed by atoms with van der Waals surface area (Å²) in [6, 6.07) is 5.59. The highest BCUT2D eigenvalue weighted by Gasteiger charge is 2.26. The molecule has 1 aromatic carbocycles. The van der Waals surface area contributed by atoms with Crippen molar-refractivity contribution in [3.8, 4) is 29.5 Å². The predicted molar refractivity (Wildman–Crippen MR) is 121 cm³/mol. The molecule has 15 heteroatoms. The van der Waals surface area contributed by atoms with Gasteiger partial charge in [0.05, 0.1) is 30.6 Å². The molecule has 3 amide bonds. The Morgan fingerprint density at radius 3 is 2.63 bits per heavy atom. The molecule has 2 aromatic heterocycles. The first-order valence-electron chi connectivity index (χ1n) is 9.77. The minimum Gasteiger partial charge on any atom is -0.494 e. The second-order valence-electron chi connectivity index (χ2n) is 6.85. The van der Waals surface area contributed by atoms with Crippen molar-refractivity contribution in [1.29, 1.82) is 0 Å². The van der Waals surface area contributed by atoms with Crippen LogP contribution in [0.2, 0.25) is 0 Å². The first-order chi connectivity index (χ1) is 16.6. The molecule has 182 valence electrons. The molecule has 3 rings (SSSR count). The number of benzene rings is 1. The standard InChI is InChI=1S/C20H21N9O6/c1-4-8-21-19(31)24-14-9-13(15(27-26-14)18(30)25-20(32,33)34)23-12-7-5-6-11(16(12)35-3)17-22-10-29(2)28-17/h1,5-7,9-10,32-34H,8H2,2-3H3,(H,25,30)(H3,21,23,24,26,31). The number of hydrogen-bond acceptors (Lipinski definition) is 11. The third-order valence-electron chi connectivity index (χ3n) is 4.21. The van der Waals surface area contributed by atoms with Crippen molar-refractivity contribution >= 4 is 29.1 Å². The number of carbonyl (C=O) groups is 2. The van der Waals surface area contributed by atoms with Crippen LogP contribution in [-0.2, 0) is 7.05 Å². The van der Waals surface area contributed by atoms with Gasteiger partial charge in [-0.25, -0.2) is 9.78 Å². The van der Waals surface area contributed by atoms with Crippen LogP contribution in [0.5, 0.6) is 5.75 Å². The normalized spacial score (nSPS) is 10.7. The maximum absolute atomic E-state index is 12.5. The minimum atomic E-state index is -3.51. The number of aryl methyl sites for hydroxylation is 1. The highest BCUT2D eigenvalue weighted by atomic mass is 16.7. The van der Waals surface area contributed by atoms with Crippen LogP contribution >= 0.6 is 0 Å². The van der Waals surface area contributed by atoms with Crippen LogP contribution < -0.4 is 26.0 Å². The van der Waals surface area contributed by atoms with Gasteiger partial charge < -0.3 is 30.7 Å². The number of para-hydroxylation sites is 1. The van der Waals surface area contributed by atoms with Crippen molar-refractivity contribution in [2.75, 3.05) is 24.3 Å². The Morgan fingerprint density at radius 1 is 1.23 bits per heavy atom. The van der Waals surface area contributed by atoms with E-state index in [9.17, 15) is 9.59 Å². The summed E-state index contributed by atoms with van der Waals surface area (Å²) in [5, 5.41) is 48.3. The molecule has 0 saturated heterocycles. The molecule has 0 unspecified atom stereocenters. The summed E-state index contributed by atoms with van der Waals surface area (Å²) in [7, 11) is 3.13. The molecule has 35 heavy (non-hydrogen) atoms. The van der Waals surface area contributed by atoms with E-state index in [-0.39, 0.29) is 18.1 Å². The van der Waals surface area contributed by atoms with Crippen LogP contribution in [0.3, 0.4) is 0 Å². The lowest BCUT2D eigenvalue weighted by atomic mass is 10.1. The number of urea groups is 1. The van der Waals surface area contributed by atoms with E-state index in [1.54, 1.807) is 25.2 Å². The highest BCUT2D eigenvalue weighted by molar-refractivity contribution is 5.99. The number of methoxy groups -OCH3 is 1. The number of anilines is 3. The number of nitrogens with zero attached hydrogens (tertiary/aromatic N) is 5. The number of terminal acetylenes is 1. The molecule has 0 aliphatic heterocycles. The topological polar surface area (TPSA) is 209 Å². The smallest absolute Gasteiger partial charge is 0.369 e. The zero-order chi connectivity index (χ0) is 25.6. The molecule has 0 aliphatic rings. The molecule has 0 spiro atoms. The van der Waals surface area contributed by atoms with Crippen molar-refractivity contribution < 1.29 is 29.6 Å². The molecule has 2 heterocycles.